The smallest absolute Gasteiger partial charge is 0.0992 e. The first kappa shape index (κ1) is 13.8. The van der Waals surface area contributed by atoms with Gasteiger partial charge in [-0.1, -0.05) is 23.2 Å². The first-order chi connectivity index (χ1) is 8.51. The Kier molecular flexibility index (Phi) is 4.29. The number of nitrogens with zero attached hydrogens (tertiary/aromatic N) is 2. The Balaban J connectivity index is 2.25. The average Bonchev–Trinajstić information content (AvgIpc) is 2.78. The van der Waals surface area contributed by atoms with Crippen LogP contribution in [0, 0.1) is 6.92 Å². The summed E-state index contributed by atoms with van der Waals surface area (Å²) in [6.07, 6.45) is 0.709. The fraction of sp³-hybridized carbons (Fsp3) is 0.364. The fourth-order valence-electron chi connectivity index (χ4n) is 1.91. The van der Waals surface area contributed by atoms with E-state index in [2.05, 4.69) is 10.5 Å². The van der Waals surface area contributed by atoms with Crippen LogP contribution in [0.4, 0.5) is 0 Å². The van der Waals surface area contributed by atoms with Gasteiger partial charge in [0.2, 0.25) is 0 Å². The predicted molar refractivity (Wildman–Crippen MR) is 76.1 cm³/mol. The number of nitrogens with one attached hydrogen (secondary N) is 1. The highest BCUT2D eigenvalue weighted by atomic mass is 35.5. The molecule has 0 aliphatic rings. The van der Waals surface area contributed by atoms with Crippen LogP contribution in [-0.4, -0.2) is 9.78 Å². The number of aromatic nitrogens is 2. The predicted octanol–water partition coefficient (Wildman–Crippen LogP) is 2.84. The summed E-state index contributed by atoms with van der Waals surface area (Å²) in [5.41, 5.74) is 5.78. The molecule has 2 aromatic rings. The molecule has 0 saturated heterocycles. The van der Waals surface area contributed by atoms with E-state index in [0.29, 0.717) is 15.1 Å². The van der Waals surface area contributed by atoms with Gasteiger partial charge in [0.25, 0.3) is 0 Å². The van der Waals surface area contributed by atoms with E-state index in [9.17, 15) is 0 Å². The van der Waals surface area contributed by atoms with E-state index in [0.717, 1.165) is 17.0 Å². The lowest BCUT2D eigenvalue weighted by Gasteiger charge is -2.15. The summed E-state index contributed by atoms with van der Waals surface area (Å²) >= 11 is 13.4. The van der Waals surface area contributed by atoms with Crippen molar-refractivity contribution in [1.82, 2.24) is 15.2 Å². The standard InChI is InChI=1S/C11H14Cl2N4S/c1-6-3-7(17(2)16-6)4-9(15-14)8-5-10(12)18-11(8)13/h3,5,9,15H,4,14H2,1-2H3. The maximum Gasteiger partial charge on any atom is 0.0992 e. The van der Waals surface area contributed by atoms with Gasteiger partial charge in [-0.15, -0.1) is 11.3 Å². The van der Waals surface area contributed by atoms with Gasteiger partial charge in [-0.2, -0.15) is 5.10 Å². The molecule has 18 heavy (non-hydrogen) atoms. The molecule has 7 heteroatoms. The van der Waals surface area contributed by atoms with Crippen LogP contribution in [0.25, 0.3) is 0 Å². The fourth-order valence-corrected chi connectivity index (χ4v) is 3.49. The normalized spacial score (nSPS) is 12.9. The van der Waals surface area contributed by atoms with Gasteiger partial charge >= 0.3 is 0 Å². The summed E-state index contributed by atoms with van der Waals surface area (Å²) in [6, 6.07) is 3.81. The molecule has 0 saturated carbocycles. The zero-order valence-corrected chi connectivity index (χ0v) is 12.4. The zero-order valence-electron chi connectivity index (χ0n) is 10.1. The number of aryl methyl sites for hydroxylation is 2. The first-order valence-corrected chi connectivity index (χ1v) is 6.99. The second-order valence-corrected chi connectivity index (χ2v) is 6.39. The Morgan fingerprint density at radius 3 is 2.67 bits per heavy atom. The van der Waals surface area contributed by atoms with Gasteiger partial charge < -0.3 is 0 Å². The van der Waals surface area contributed by atoms with E-state index < -0.39 is 0 Å². The highest BCUT2D eigenvalue weighted by Gasteiger charge is 2.18. The molecule has 0 aromatic carbocycles. The third-order valence-electron chi connectivity index (χ3n) is 2.77. The molecule has 1 unspecified atom stereocenters. The molecule has 0 amide bonds. The average molecular weight is 305 g/mol. The van der Waals surface area contributed by atoms with E-state index in [-0.39, 0.29) is 6.04 Å². The third kappa shape index (κ3) is 2.87. The molecule has 0 radical (unpaired) electrons. The van der Waals surface area contributed by atoms with Gasteiger partial charge in [0.15, 0.2) is 0 Å². The highest BCUT2D eigenvalue weighted by Crippen LogP contribution is 2.35. The topological polar surface area (TPSA) is 55.9 Å². The van der Waals surface area contributed by atoms with Gasteiger partial charge in [-0.25, -0.2) is 0 Å². The van der Waals surface area contributed by atoms with Crippen molar-refractivity contribution in [1.29, 1.82) is 0 Å². The quantitative estimate of drug-likeness (QED) is 0.674. The molecule has 0 bridgehead atoms. The van der Waals surface area contributed by atoms with Crippen molar-refractivity contribution >= 4 is 34.5 Å². The van der Waals surface area contributed by atoms with Gasteiger partial charge in [-0.3, -0.25) is 16.0 Å². The van der Waals surface area contributed by atoms with Crippen molar-refractivity contribution in [3.63, 3.8) is 0 Å². The lowest BCUT2D eigenvalue weighted by atomic mass is 10.1. The maximum atomic E-state index is 6.15. The Morgan fingerprint density at radius 1 is 1.50 bits per heavy atom. The molecular formula is C11H14Cl2N4S. The van der Waals surface area contributed by atoms with Crippen molar-refractivity contribution in [3.05, 3.63) is 37.8 Å². The minimum absolute atomic E-state index is 0.0731. The van der Waals surface area contributed by atoms with Crippen LogP contribution in [0.5, 0.6) is 0 Å². The van der Waals surface area contributed by atoms with Gasteiger partial charge in [-0.05, 0) is 19.1 Å². The van der Waals surface area contributed by atoms with Crippen LogP contribution in [-0.2, 0) is 13.5 Å². The number of rotatable bonds is 4. The second kappa shape index (κ2) is 5.59. The molecule has 2 heterocycles. The van der Waals surface area contributed by atoms with Gasteiger partial charge in [0.1, 0.15) is 0 Å². The van der Waals surface area contributed by atoms with Crippen LogP contribution in [0.15, 0.2) is 12.1 Å². The van der Waals surface area contributed by atoms with E-state index in [1.807, 2.05) is 30.8 Å². The van der Waals surface area contributed by atoms with Crippen molar-refractivity contribution in [2.45, 2.75) is 19.4 Å². The van der Waals surface area contributed by atoms with Crippen molar-refractivity contribution in [3.8, 4) is 0 Å². The van der Waals surface area contributed by atoms with E-state index in [1.165, 1.54) is 11.3 Å². The minimum Gasteiger partial charge on any atom is -0.272 e. The van der Waals surface area contributed by atoms with Gasteiger partial charge in [0, 0.05) is 24.7 Å². The van der Waals surface area contributed by atoms with Crippen molar-refractivity contribution in [2.24, 2.45) is 12.9 Å². The monoisotopic (exact) mass is 304 g/mol. The Hall–Kier alpha value is -0.590. The molecule has 1 atom stereocenters. The first-order valence-electron chi connectivity index (χ1n) is 5.41. The number of hydrogen-bond donors (Lipinski definition) is 2. The van der Waals surface area contributed by atoms with Crippen molar-refractivity contribution in [2.75, 3.05) is 0 Å². The SMILES string of the molecule is Cc1cc(CC(NN)c2cc(Cl)sc2Cl)n(C)n1. The Labute approximate surface area is 120 Å². The van der Waals surface area contributed by atoms with E-state index >= 15 is 0 Å². The summed E-state index contributed by atoms with van der Waals surface area (Å²) in [5.74, 6) is 5.61. The number of hydrogen-bond acceptors (Lipinski definition) is 4. The van der Waals surface area contributed by atoms with Crippen LogP contribution in [0.1, 0.15) is 23.0 Å². The van der Waals surface area contributed by atoms with E-state index in [4.69, 9.17) is 29.0 Å². The number of hydrazine groups is 1. The number of thiophene rings is 1. The number of nitrogens with two attached hydrogens (primary N) is 1. The summed E-state index contributed by atoms with van der Waals surface area (Å²) in [7, 11) is 1.91. The Bertz CT molecular complexity index is 549. The third-order valence-corrected chi connectivity index (χ3v) is 4.29. The molecule has 0 spiro atoms. The summed E-state index contributed by atoms with van der Waals surface area (Å²) in [6.45, 7) is 1.96. The minimum atomic E-state index is -0.0731. The Morgan fingerprint density at radius 2 is 2.22 bits per heavy atom. The van der Waals surface area contributed by atoms with Crippen LogP contribution in [0.3, 0.4) is 0 Å². The molecular weight excluding hydrogens is 291 g/mol. The van der Waals surface area contributed by atoms with Crippen LogP contribution < -0.4 is 11.3 Å². The lowest BCUT2D eigenvalue weighted by molar-refractivity contribution is 0.531. The van der Waals surface area contributed by atoms with Crippen LogP contribution in [0.2, 0.25) is 8.67 Å². The van der Waals surface area contributed by atoms with Crippen molar-refractivity contribution < 1.29 is 0 Å². The van der Waals surface area contributed by atoms with Gasteiger partial charge in [0.05, 0.1) is 20.4 Å². The number of halogens is 2. The largest absolute Gasteiger partial charge is 0.272 e. The lowest BCUT2D eigenvalue weighted by Crippen LogP contribution is -2.30. The highest BCUT2D eigenvalue weighted by molar-refractivity contribution is 7.20. The molecule has 2 rings (SSSR count). The van der Waals surface area contributed by atoms with E-state index in [1.54, 1.807) is 0 Å². The molecule has 0 aliphatic heterocycles. The molecule has 0 fully saturated rings. The summed E-state index contributed by atoms with van der Waals surface area (Å²) in [5, 5.41) is 4.31. The van der Waals surface area contributed by atoms with Crippen LogP contribution >= 0.6 is 34.5 Å². The summed E-state index contributed by atoms with van der Waals surface area (Å²) in [4.78, 5) is 0. The molecule has 98 valence electrons. The molecule has 4 nitrogen and oxygen atoms in total. The maximum absolute atomic E-state index is 6.15. The second-order valence-electron chi connectivity index (χ2n) is 4.10. The molecule has 2 aromatic heterocycles. The summed E-state index contributed by atoms with van der Waals surface area (Å²) < 4.78 is 3.18. The zero-order chi connectivity index (χ0) is 13.3. The molecule has 0 aliphatic carbocycles. The molecule has 3 N–H and O–H groups in total.